The van der Waals surface area contributed by atoms with Gasteiger partial charge in [0.05, 0.1) is 23.2 Å². The van der Waals surface area contributed by atoms with Crippen LogP contribution in [-0.4, -0.2) is 14.5 Å². The van der Waals surface area contributed by atoms with Crippen LogP contribution in [-0.2, 0) is 0 Å². The first-order chi connectivity index (χ1) is 10.8. The van der Waals surface area contributed by atoms with Gasteiger partial charge in [0.2, 0.25) is 0 Å². The molecule has 0 aliphatic carbocycles. The Labute approximate surface area is 153 Å². The molecular weight excluding hydrogens is 341 g/mol. The van der Waals surface area contributed by atoms with Gasteiger partial charge in [-0.2, -0.15) is 0 Å². The second-order valence-electron chi connectivity index (χ2n) is 5.36. The second-order valence-corrected chi connectivity index (χ2v) is 5.36. The third kappa shape index (κ3) is 3.42. The van der Waals surface area contributed by atoms with E-state index in [0.29, 0.717) is 0 Å². The minimum atomic E-state index is 0. The van der Waals surface area contributed by atoms with Crippen LogP contribution in [0.5, 0.6) is 0 Å². The number of halogens is 2. The van der Waals surface area contributed by atoms with Crippen molar-refractivity contribution in [2.24, 2.45) is 0 Å². The van der Waals surface area contributed by atoms with Crippen molar-refractivity contribution in [3.05, 3.63) is 78.9 Å². The van der Waals surface area contributed by atoms with Crippen molar-refractivity contribution in [2.45, 2.75) is 6.92 Å². The van der Waals surface area contributed by atoms with Crippen LogP contribution in [0.1, 0.15) is 5.69 Å². The summed E-state index contributed by atoms with van der Waals surface area (Å²) >= 11 is 0. The zero-order chi connectivity index (χ0) is 14.9. The van der Waals surface area contributed by atoms with Crippen LogP contribution >= 0.6 is 24.8 Å². The maximum Gasteiger partial charge on any atom is 0.0995 e. The molecule has 0 aliphatic heterocycles. The van der Waals surface area contributed by atoms with Crippen LogP contribution in [0.25, 0.3) is 27.8 Å². The molecule has 24 heavy (non-hydrogen) atoms. The summed E-state index contributed by atoms with van der Waals surface area (Å²) in [5.74, 6) is 0. The number of hydrogen-bond acceptors (Lipinski definition) is 2. The number of aryl methyl sites for hydroxylation is 1. The Morgan fingerprint density at radius 1 is 0.875 bits per heavy atom. The highest BCUT2D eigenvalue weighted by Gasteiger charge is 2.03. The fourth-order valence-electron chi connectivity index (χ4n) is 2.61. The zero-order valence-electron chi connectivity index (χ0n) is 13.1. The van der Waals surface area contributed by atoms with E-state index in [0.717, 1.165) is 33.5 Å². The molecule has 0 radical (unpaired) electrons. The number of rotatable bonds is 2. The molecular formula is C19H17Cl2N3. The molecule has 0 atom stereocenters. The molecule has 122 valence electrons. The molecule has 0 amide bonds. The molecule has 2 aromatic carbocycles. The Kier molecular flexibility index (Phi) is 5.60. The summed E-state index contributed by atoms with van der Waals surface area (Å²) in [6, 6.07) is 20.7. The van der Waals surface area contributed by atoms with E-state index in [2.05, 4.69) is 47.4 Å². The van der Waals surface area contributed by atoms with Gasteiger partial charge in [0.15, 0.2) is 0 Å². The minimum Gasteiger partial charge on any atom is -0.306 e. The summed E-state index contributed by atoms with van der Waals surface area (Å²) in [4.78, 5) is 9.03. The fourth-order valence-corrected chi connectivity index (χ4v) is 2.61. The monoisotopic (exact) mass is 357 g/mol. The highest BCUT2D eigenvalue weighted by atomic mass is 35.5. The summed E-state index contributed by atoms with van der Waals surface area (Å²) in [5.41, 5.74) is 5.25. The third-order valence-electron chi connectivity index (χ3n) is 3.75. The van der Waals surface area contributed by atoms with Crippen molar-refractivity contribution in [3.63, 3.8) is 0 Å². The number of imidazole rings is 1. The van der Waals surface area contributed by atoms with E-state index in [1.54, 1.807) is 0 Å². The van der Waals surface area contributed by atoms with Gasteiger partial charge in [-0.15, -0.1) is 24.8 Å². The Bertz CT molecular complexity index is 949. The molecule has 0 saturated heterocycles. The van der Waals surface area contributed by atoms with Crippen molar-refractivity contribution < 1.29 is 0 Å². The first-order valence-corrected chi connectivity index (χ1v) is 7.27. The molecule has 2 heterocycles. The standard InChI is InChI=1S/C19H15N3.2ClH/c1-14-12-22(13-20-14)17-8-10-19-16(11-17)7-9-18(21-19)15-5-3-2-4-6-15;;/h2-13H,1H3;2*1H. The summed E-state index contributed by atoms with van der Waals surface area (Å²) < 4.78 is 2.03. The highest BCUT2D eigenvalue weighted by Crippen LogP contribution is 2.22. The van der Waals surface area contributed by atoms with E-state index in [9.17, 15) is 0 Å². The van der Waals surface area contributed by atoms with Gasteiger partial charge in [0.25, 0.3) is 0 Å². The number of benzene rings is 2. The molecule has 0 bridgehead atoms. The van der Waals surface area contributed by atoms with Crippen LogP contribution in [0.2, 0.25) is 0 Å². The number of hydrogen-bond donors (Lipinski definition) is 0. The molecule has 5 heteroatoms. The maximum absolute atomic E-state index is 4.76. The van der Waals surface area contributed by atoms with E-state index in [4.69, 9.17) is 4.98 Å². The smallest absolute Gasteiger partial charge is 0.0995 e. The second kappa shape index (κ2) is 7.47. The minimum absolute atomic E-state index is 0. The number of fused-ring (bicyclic) bond motifs is 1. The average molecular weight is 358 g/mol. The topological polar surface area (TPSA) is 30.7 Å². The van der Waals surface area contributed by atoms with Gasteiger partial charge in [-0.1, -0.05) is 36.4 Å². The lowest BCUT2D eigenvalue weighted by molar-refractivity contribution is 1.06. The molecule has 0 aliphatic rings. The van der Waals surface area contributed by atoms with Crippen LogP contribution in [0.15, 0.2) is 73.2 Å². The van der Waals surface area contributed by atoms with E-state index < -0.39 is 0 Å². The van der Waals surface area contributed by atoms with Gasteiger partial charge in [-0.05, 0) is 31.2 Å². The molecule has 3 nitrogen and oxygen atoms in total. The summed E-state index contributed by atoms with van der Waals surface area (Å²) in [6.45, 7) is 1.99. The maximum atomic E-state index is 4.76. The highest BCUT2D eigenvalue weighted by molar-refractivity contribution is 5.85. The Morgan fingerprint density at radius 3 is 2.38 bits per heavy atom. The number of nitrogens with zero attached hydrogens (tertiary/aromatic N) is 3. The quantitative estimate of drug-likeness (QED) is 0.491. The predicted octanol–water partition coefficient (Wildman–Crippen LogP) is 5.24. The molecule has 0 saturated carbocycles. The van der Waals surface area contributed by atoms with Gasteiger partial charge in [0.1, 0.15) is 0 Å². The lowest BCUT2D eigenvalue weighted by Gasteiger charge is -2.06. The van der Waals surface area contributed by atoms with Gasteiger partial charge >= 0.3 is 0 Å². The average Bonchev–Trinajstić information content (AvgIpc) is 3.01. The van der Waals surface area contributed by atoms with E-state index in [1.807, 2.05) is 42.2 Å². The lowest BCUT2D eigenvalue weighted by atomic mass is 10.1. The lowest BCUT2D eigenvalue weighted by Crippen LogP contribution is -1.91. The molecule has 4 aromatic rings. The summed E-state index contributed by atoms with van der Waals surface area (Å²) in [6.07, 6.45) is 3.86. The molecule has 4 rings (SSSR count). The van der Waals surface area contributed by atoms with Crippen molar-refractivity contribution in [1.82, 2.24) is 14.5 Å². The third-order valence-corrected chi connectivity index (χ3v) is 3.75. The summed E-state index contributed by atoms with van der Waals surface area (Å²) in [5, 5.41) is 1.13. The van der Waals surface area contributed by atoms with Gasteiger partial charge in [0, 0.05) is 22.8 Å². The van der Waals surface area contributed by atoms with Gasteiger partial charge in [-0.3, -0.25) is 0 Å². The first-order valence-electron chi connectivity index (χ1n) is 7.27. The number of aromatic nitrogens is 3. The van der Waals surface area contributed by atoms with E-state index >= 15 is 0 Å². The van der Waals surface area contributed by atoms with Crippen LogP contribution in [0.3, 0.4) is 0 Å². The normalized spacial score (nSPS) is 10.0. The van der Waals surface area contributed by atoms with Crippen molar-refractivity contribution in [3.8, 4) is 16.9 Å². The Hall–Kier alpha value is -2.36. The van der Waals surface area contributed by atoms with Crippen LogP contribution in [0.4, 0.5) is 0 Å². The SMILES string of the molecule is Cc1cn(-c2ccc3nc(-c4ccccc4)ccc3c2)cn1.Cl.Cl. The first kappa shape index (κ1) is 18.0. The van der Waals surface area contributed by atoms with E-state index in [1.165, 1.54) is 0 Å². The number of pyridine rings is 1. The molecule has 0 fully saturated rings. The van der Waals surface area contributed by atoms with Crippen molar-refractivity contribution in [2.75, 3.05) is 0 Å². The van der Waals surface area contributed by atoms with Crippen molar-refractivity contribution >= 4 is 35.7 Å². The molecule has 0 unspecified atom stereocenters. The Balaban J connectivity index is 0.00000104. The largest absolute Gasteiger partial charge is 0.306 e. The van der Waals surface area contributed by atoms with Crippen LogP contribution < -0.4 is 0 Å². The van der Waals surface area contributed by atoms with Crippen molar-refractivity contribution in [1.29, 1.82) is 0 Å². The summed E-state index contributed by atoms with van der Waals surface area (Å²) in [7, 11) is 0. The zero-order valence-corrected chi connectivity index (χ0v) is 14.7. The Morgan fingerprint density at radius 2 is 1.67 bits per heavy atom. The van der Waals surface area contributed by atoms with Gasteiger partial charge < -0.3 is 4.57 Å². The fraction of sp³-hybridized carbons (Fsp3) is 0.0526. The van der Waals surface area contributed by atoms with Crippen LogP contribution in [0, 0.1) is 6.92 Å². The molecule has 0 N–H and O–H groups in total. The predicted molar refractivity (Wildman–Crippen MR) is 104 cm³/mol. The molecule has 0 spiro atoms. The van der Waals surface area contributed by atoms with E-state index in [-0.39, 0.29) is 24.8 Å². The van der Waals surface area contributed by atoms with Gasteiger partial charge in [-0.25, -0.2) is 9.97 Å². The molecule has 2 aromatic heterocycles.